The lowest BCUT2D eigenvalue weighted by atomic mass is 9.56. The van der Waals surface area contributed by atoms with E-state index in [1.54, 1.807) is 0 Å². The molecule has 0 aromatic rings. The van der Waals surface area contributed by atoms with Crippen LogP contribution in [0.3, 0.4) is 0 Å². The van der Waals surface area contributed by atoms with Crippen LogP contribution in [0.5, 0.6) is 0 Å². The maximum Gasteiger partial charge on any atom is 0 e. The van der Waals surface area contributed by atoms with E-state index in [2.05, 4.69) is 55.4 Å². The van der Waals surface area contributed by atoms with Crippen LogP contribution in [0.2, 0.25) is 0 Å². The summed E-state index contributed by atoms with van der Waals surface area (Å²) in [7, 11) is 0. The maximum absolute atomic E-state index is 2.35. The molecule has 0 atom stereocenters. The van der Waals surface area contributed by atoms with Gasteiger partial charge in [0.25, 0.3) is 0 Å². The van der Waals surface area contributed by atoms with E-state index in [0.717, 1.165) is 0 Å². The summed E-state index contributed by atoms with van der Waals surface area (Å²) in [4.78, 5) is 0. The molecule has 0 nitrogen and oxygen atoms in total. The Balaban J connectivity index is 0. The summed E-state index contributed by atoms with van der Waals surface area (Å²) in [6, 6.07) is 0. The minimum absolute atomic E-state index is 0. The van der Waals surface area contributed by atoms with Crippen LogP contribution in [0, 0.1) is 16.2 Å². The Hall–Kier alpha value is 0. The van der Waals surface area contributed by atoms with E-state index < -0.39 is 0 Å². The third-order valence-electron chi connectivity index (χ3n) is 3.75. The van der Waals surface area contributed by atoms with Crippen molar-refractivity contribution in [2.24, 2.45) is 16.2 Å². The highest BCUT2D eigenvalue weighted by atomic mass is 14.5. The third-order valence-corrected chi connectivity index (χ3v) is 3.75. The smallest absolute Gasteiger partial charge is 0 e. The first-order chi connectivity index (χ1) is 4.50. The Morgan fingerprint density at radius 2 is 0.727 bits per heavy atom. The fourth-order valence-corrected chi connectivity index (χ4v) is 1.12. The largest absolute Gasteiger partial charge is 0.0596 e. The monoisotopic (exact) mass is 159 g/mol. The zero-order valence-electron chi connectivity index (χ0n) is 9.50. The molecule has 0 unspecified atom stereocenters. The van der Waals surface area contributed by atoms with Gasteiger partial charge in [-0.15, -0.1) is 0 Å². The van der Waals surface area contributed by atoms with Gasteiger partial charge in [0.05, 0.1) is 0 Å². The Labute approximate surface area is 73.9 Å². The van der Waals surface area contributed by atoms with Crippen LogP contribution in [0.25, 0.3) is 0 Å². The van der Waals surface area contributed by atoms with Crippen molar-refractivity contribution in [1.29, 1.82) is 0 Å². The van der Waals surface area contributed by atoms with Gasteiger partial charge in [0.1, 0.15) is 0 Å². The second-order valence-corrected chi connectivity index (χ2v) is 6.12. The molecule has 0 spiro atoms. The van der Waals surface area contributed by atoms with Crippen LogP contribution >= 0.6 is 0 Å². The van der Waals surface area contributed by atoms with Crippen molar-refractivity contribution in [3.8, 4) is 0 Å². The molecule has 0 amide bonds. The third kappa shape index (κ3) is 1.98. The molecule has 0 aromatic heterocycles. The van der Waals surface area contributed by atoms with Crippen molar-refractivity contribution >= 4 is 0 Å². The van der Waals surface area contributed by atoms with Gasteiger partial charge in [-0.05, 0) is 16.2 Å². The highest BCUT2D eigenvalue weighted by Gasteiger charge is 2.42. The molecule has 0 fully saturated rings. The zero-order chi connectivity index (χ0) is 9.50. The molecule has 0 heteroatoms. The Morgan fingerprint density at radius 1 is 0.545 bits per heavy atom. The molecule has 0 aliphatic rings. The van der Waals surface area contributed by atoms with E-state index in [9.17, 15) is 0 Å². The van der Waals surface area contributed by atoms with Gasteiger partial charge in [-0.1, -0.05) is 55.4 Å². The quantitative estimate of drug-likeness (QED) is 0.493. The van der Waals surface area contributed by atoms with Crippen molar-refractivity contribution in [2.75, 3.05) is 0 Å². The predicted octanol–water partition coefficient (Wildman–Crippen LogP) is 4.35. The van der Waals surface area contributed by atoms with E-state index in [-0.39, 0.29) is 1.43 Å². The summed E-state index contributed by atoms with van der Waals surface area (Å²) in [5.41, 5.74) is 1.14. The van der Waals surface area contributed by atoms with Crippen molar-refractivity contribution in [2.45, 2.75) is 55.4 Å². The van der Waals surface area contributed by atoms with Gasteiger partial charge < -0.3 is 0 Å². The summed E-state index contributed by atoms with van der Waals surface area (Å²) in [6.07, 6.45) is 0. The molecule has 70 valence electrons. The Kier molecular flexibility index (Phi) is 2.50. The number of hydrogen-bond acceptors (Lipinski definition) is 0. The van der Waals surface area contributed by atoms with Crippen molar-refractivity contribution in [1.82, 2.24) is 0 Å². The van der Waals surface area contributed by atoms with Crippen LogP contribution in [0.15, 0.2) is 0 Å². The highest BCUT2D eigenvalue weighted by molar-refractivity contribution is 4.91. The minimum atomic E-state index is 0. The molecule has 0 bridgehead atoms. The van der Waals surface area contributed by atoms with Gasteiger partial charge in [0.15, 0.2) is 0 Å². The molecule has 0 aromatic carbocycles. The molecule has 11 heavy (non-hydrogen) atoms. The van der Waals surface area contributed by atoms with Crippen LogP contribution in [0.4, 0.5) is 0 Å². The maximum atomic E-state index is 2.35. The average molecular weight is 159 g/mol. The number of rotatable bonds is 0. The zero-order valence-corrected chi connectivity index (χ0v) is 9.50. The van der Waals surface area contributed by atoms with E-state index in [1.165, 1.54) is 0 Å². The van der Waals surface area contributed by atoms with Crippen molar-refractivity contribution < 1.29 is 1.43 Å². The molecular formula is C11H26. The summed E-state index contributed by atoms with van der Waals surface area (Å²) in [6.45, 7) is 18.6. The standard InChI is InChI=1S/C11H24.H2/c1-9(2,3)11(7,8)10(4,5)6;/h1-8H3;1H/i;1+1. The fraction of sp³-hybridized carbons (Fsp3) is 1.00. The van der Waals surface area contributed by atoms with Crippen molar-refractivity contribution in [3.05, 3.63) is 0 Å². The summed E-state index contributed by atoms with van der Waals surface area (Å²) in [5, 5.41) is 0. The normalized spacial score (nSPS) is 15.3. The molecule has 0 N–H and O–H groups in total. The fourth-order valence-electron chi connectivity index (χ4n) is 1.12. The first kappa shape index (κ1) is 11.0. The minimum Gasteiger partial charge on any atom is -0.0596 e. The van der Waals surface area contributed by atoms with E-state index in [1.807, 2.05) is 0 Å². The summed E-state index contributed by atoms with van der Waals surface area (Å²) >= 11 is 0. The molecule has 0 saturated carbocycles. The number of hydrogen-bond donors (Lipinski definition) is 0. The molecular weight excluding hydrogens is 132 g/mol. The summed E-state index contributed by atoms with van der Waals surface area (Å²) < 4.78 is 0. The Bertz CT molecular complexity index is 116. The topological polar surface area (TPSA) is 0 Å². The van der Waals surface area contributed by atoms with Gasteiger partial charge >= 0.3 is 0 Å². The van der Waals surface area contributed by atoms with Gasteiger partial charge in [0.2, 0.25) is 0 Å². The van der Waals surface area contributed by atoms with Gasteiger partial charge in [-0.25, -0.2) is 0 Å². The SMILES string of the molecule is CC(C)(C)C(C)(C)C(C)(C)C.[2HH]. The molecule has 0 rings (SSSR count). The molecule has 0 heterocycles. The van der Waals surface area contributed by atoms with Crippen LogP contribution < -0.4 is 0 Å². The van der Waals surface area contributed by atoms with Crippen molar-refractivity contribution in [3.63, 3.8) is 0 Å². The highest BCUT2D eigenvalue weighted by Crippen LogP contribution is 2.50. The van der Waals surface area contributed by atoms with Gasteiger partial charge in [-0.3, -0.25) is 0 Å². The predicted molar refractivity (Wildman–Crippen MR) is 54.8 cm³/mol. The van der Waals surface area contributed by atoms with Gasteiger partial charge in [0, 0.05) is 1.43 Å². The van der Waals surface area contributed by atoms with E-state index >= 15 is 0 Å². The average Bonchev–Trinajstić information content (AvgIpc) is 1.58. The first-order valence-corrected chi connectivity index (χ1v) is 4.50. The molecule has 0 saturated heterocycles. The lowest BCUT2D eigenvalue weighted by Gasteiger charge is -2.49. The van der Waals surface area contributed by atoms with Crippen LogP contribution in [-0.4, -0.2) is 0 Å². The summed E-state index contributed by atoms with van der Waals surface area (Å²) in [5.74, 6) is 0. The molecule has 0 aliphatic carbocycles. The second kappa shape index (κ2) is 2.50. The van der Waals surface area contributed by atoms with E-state index in [4.69, 9.17) is 0 Å². The van der Waals surface area contributed by atoms with Crippen LogP contribution in [-0.2, 0) is 0 Å². The van der Waals surface area contributed by atoms with E-state index in [0.29, 0.717) is 16.2 Å². The lowest BCUT2D eigenvalue weighted by Crippen LogP contribution is -2.41. The van der Waals surface area contributed by atoms with Crippen LogP contribution in [0.1, 0.15) is 56.8 Å². The Morgan fingerprint density at radius 3 is 0.727 bits per heavy atom. The molecule has 0 aliphatic heterocycles. The van der Waals surface area contributed by atoms with Gasteiger partial charge in [-0.2, -0.15) is 0 Å². The lowest BCUT2D eigenvalue weighted by molar-refractivity contribution is 0.00575. The first-order valence-electron chi connectivity index (χ1n) is 4.50. The second-order valence-electron chi connectivity index (χ2n) is 6.12. The molecule has 0 radical (unpaired) electrons.